The largest absolute Gasteiger partial charge is 0.349 e. The molecule has 0 unspecified atom stereocenters. The molecule has 0 amide bonds. The Balaban J connectivity index is 1.82. The lowest BCUT2D eigenvalue weighted by molar-refractivity contribution is -0.387. The van der Waals surface area contributed by atoms with Gasteiger partial charge in [-0.2, -0.15) is 4.39 Å². The number of carbonyl (C=O) groups excluding carboxylic acids is 1. The Morgan fingerprint density at radius 1 is 1.38 bits per heavy atom. The normalized spacial score (nSPS) is 14.1. The van der Waals surface area contributed by atoms with Gasteiger partial charge in [0.25, 0.3) is 0 Å². The van der Waals surface area contributed by atoms with Crippen LogP contribution in [0.4, 0.5) is 10.1 Å². The molecule has 6 heteroatoms. The average Bonchev–Trinajstić information content (AvgIpc) is 3.20. The summed E-state index contributed by atoms with van der Waals surface area (Å²) in [6.45, 7) is 0.158. The third kappa shape index (κ3) is 2.69. The molecule has 0 aliphatic heterocycles. The van der Waals surface area contributed by atoms with Gasteiger partial charge in [-0.05, 0) is 18.9 Å². The highest BCUT2D eigenvalue weighted by Gasteiger charge is 2.30. The van der Waals surface area contributed by atoms with Crippen molar-refractivity contribution in [2.75, 3.05) is 0 Å². The molecule has 3 rings (SSSR count). The second kappa shape index (κ2) is 5.12. The number of hydrogen-bond acceptors (Lipinski definition) is 3. The predicted molar refractivity (Wildman–Crippen MR) is 73.6 cm³/mol. The van der Waals surface area contributed by atoms with E-state index >= 15 is 0 Å². The molecule has 1 aromatic carbocycles. The summed E-state index contributed by atoms with van der Waals surface area (Å²) in [7, 11) is 0. The standard InChI is InChI=1S/C15H13FN2O3/c16-14-11(2-1-3-13(14)18(20)21)8-17-7-6-12(9-17)15(19)10-4-5-10/h1-3,6-7,9-10H,4-5,8H2. The van der Waals surface area contributed by atoms with Gasteiger partial charge < -0.3 is 4.57 Å². The summed E-state index contributed by atoms with van der Waals surface area (Å²) in [5.41, 5.74) is 0.308. The summed E-state index contributed by atoms with van der Waals surface area (Å²) in [5, 5.41) is 10.7. The Kier molecular flexibility index (Phi) is 3.29. The van der Waals surface area contributed by atoms with Gasteiger partial charge in [0.1, 0.15) is 0 Å². The third-order valence-corrected chi connectivity index (χ3v) is 3.59. The molecule has 0 spiro atoms. The predicted octanol–water partition coefficient (Wildman–Crippen LogP) is 3.18. The lowest BCUT2D eigenvalue weighted by Gasteiger charge is -2.05. The third-order valence-electron chi connectivity index (χ3n) is 3.59. The van der Waals surface area contributed by atoms with Crippen LogP contribution in [0.2, 0.25) is 0 Å². The number of ketones is 1. The summed E-state index contributed by atoms with van der Waals surface area (Å²) >= 11 is 0. The van der Waals surface area contributed by atoms with Gasteiger partial charge in [-0.3, -0.25) is 14.9 Å². The molecule has 21 heavy (non-hydrogen) atoms. The maximum Gasteiger partial charge on any atom is 0.305 e. The summed E-state index contributed by atoms with van der Waals surface area (Å²) in [6, 6.07) is 5.80. The minimum absolute atomic E-state index is 0.119. The van der Waals surface area contributed by atoms with E-state index in [4.69, 9.17) is 0 Å². The van der Waals surface area contributed by atoms with E-state index in [1.54, 1.807) is 23.0 Å². The molecule has 1 heterocycles. The van der Waals surface area contributed by atoms with E-state index in [0.717, 1.165) is 18.9 Å². The number of hydrogen-bond donors (Lipinski definition) is 0. The van der Waals surface area contributed by atoms with Crippen molar-refractivity contribution in [1.82, 2.24) is 4.57 Å². The molecule has 1 saturated carbocycles. The van der Waals surface area contributed by atoms with Gasteiger partial charge in [0, 0.05) is 35.5 Å². The molecule has 0 N–H and O–H groups in total. The number of halogens is 1. The smallest absolute Gasteiger partial charge is 0.305 e. The molecule has 2 aromatic rings. The summed E-state index contributed by atoms with van der Waals surface area (Å²) < 4.78 is 15.7. The van der Waals surface area contributed by atoms with Crippen molar-refractivity contribution in [2.24, 2.45) is 5.92 Å². The maximum atomic E-state index is 14.0. The highest BCUT2D eigenvalue weighted by atomic mass is 19.1. The van der Waals surface area contributed by atoms with E-state index in [-0.39, 0.29) is 23.8 Å². The van der Waals surface area contributed by atoms with Crippen LogP contribution in [0.3, 0.4) is 0 Å². The van der Waals surface area contributed by atoms with Crippen molar-refractivity contribution in [1.29, 1.82) is 0 Å². The number of Topliss-reactive ketones (excluding diaryl/α,β-unsaturated/α-hetero) is 1. The van der Waals surface area contributed by atoms with E-state index in [9.17, 15) is 19.3 Å². The van der Waals surface area contributed by atoms with Crippen LogP contribution in [0.1, 0.15) is 28.8 Å². The van der Waals surface area contributed by atoms with Gasteiger partial charge in [-0.1, -0.05) is 12.1 Å². The minimum atomic E-state index is -0.828. The molecule has 0 bridgehead atoms. The maximum absolute atomic E-state index is 14.0. The molecule has 0 saturated heterocycles. The number of carbonyl (C=O) groups is 1. The first kappa shape index (κ1) is 13.5. The number of nitro groups is 1. The monoisotopic (exact) mass is 288 g/mol. The van der Waals surface area contributed by atoms with E-state index in [0.29, 0.717) is 5.56 Å². The molecular formula is C15H13FN2O3. The van der Waals surface area contributed by atoms with Gasteiger partial charge in [0.05, 0.1) is 11.5 Å². The van der Waals surface area contributed by atoms with E-state index in [2.05, 4.69) is 0 Å². The second-order valence-electron chi connectivity index (χ2n) is 5.22. The van der Waals surface area contributed by atoms with Crippen molar-refractivity contribution < 1.29 is 14.1 Å². The van der Waals surface area contributed by atoms with Gasteiger partial charge in [-0.25, -0.2) is 0 Å². The van der Waals surface area contributed by atoms with E-state index < -0.39 is 16.4 Å². The fraction of sp³-hybridized carbons (Fsp3) is 0.267. The number of benzene rings is 1. The molecule has 1 aliphatic rings. The lowest BCUT2D eigenvalue weighted by atomic mass is 10.1. The Morgan fingerprint density at radius 3 is 2.81 bits per heavy atom. The van der Waals surface area contributed by atoms with Gasteiger partial charge in [0.2, 0.25) is 5.82 Å². The zero-order valence-corrected chi connectivity index (χ0v) is 11.2. The highest BCUT2D eigenvalue weighted by molar-refractivity contribution is 5.99. The molecule has 1 aliphatic carbocycles. The summed E-state index contributed by atoms with van der Waals surface area (Å²) in [6.07, 6.45) is 5.22. The van der Waals surface area contributed by atoms with Crippen LogP contribution in [-0.2, 0) is 6.54 Å². The molecule has 108 valence electrons. The fourth-order valence-electron chi connectivity index (χ4n) is 2.29. The Hall–Kier alpha value is -2.50. The van der Waals surface area contributed by atoms with Crippen LogP contribution in [-0.4, -0.2) is 15.3 Å². The molecule has 1 aromatic heterocycles. The van der Waals surface area contributed by atoms with Crippen LogP contribution in [0.25, 0.3) is 0 Å². The van der Waals surface area contributed by atoms with Crippen LogP contribution >= 0.6 is 0 Å². The van der Waals surface area contributed by atoms with Crippen molar-refractivity contribution in [3.05, 3.63) is 63.7 Å². The quantitative estimate of drug-likeness (QED) is 0.482. The number of aromatic nitrogens is 1. The SMILES string of the molecule is O=C(c1ccn(Cc2cccc([N+](=O)[O-])c2F)c1)C1CC1. The Morgan fingerprint density at radius 2 is 2.14 bits per heavy atom. The molecular weight excluding hydrogens is 275 g/mol. The number of nitrogens with zero attached hydrogens (tertiary/aromatic N) is 2. The number of rotatable bonds is 5. The molecule has 1 fully saturated rings. The summed E-state index contributed by atoms with van der Waals surface area (Å²) in [5.74, 6) is -0.574. The average molecular weight is 288 g/mol. The van der Waals surface area contributed by atoms with Crippen molar-refractivity contribution in [2.45, 2.75) is 19.4 Å². The van der Waals surface area contributed by atoms with Crippen LogP contribution in [0, 0.1) is 21.8 Å². The van der Waals surface area contributed by atoms with Crippen molar-refractivity contribution in [3.8, 4) is 0 Å². The molecule has 0 radical (unpaired) electrons. The zero-order valence-electron chi connectivity index (χ0n) is 11.2. The lowest BCUT2D eigenvalue weighted by Crippen LogP contribution is -2.03. The zero-order chi connectivity index (χ0) is 15.0. The molecule has 0 atom stereocenters. The van der Waals surface area contributed by atoms with Crippen LogP contribution < -0.4 is 0 Å². The van der Waals surface area contributed by atoms with Crippen LogP contribution in [0.15, 0.2) is 36.7 Å². The minimum Gasteiger partial charge on any atom is -0.349 e. The fourth-order valence-corrected chi connectivity index (χ4v) is 2.29. The topological polar surface area (TPSA) is 65.1 Å². The highest BCUT2D eigenvalue weighted by Crippen LogP contribution is 2.32. The van der Waals surface area contributed by atoms with Crippen molar-refractivity contribution >= 4 is 11.5 Å². The second-order valence-corrected chi connectivity index (χ2v) is 5.22. The first-order valence-electron chi connectivity index (χ1n) is 6.68. The summed E-state index contributed by atoms with van der Waals surface area (Å²) in [4.78, 5) is 21.9. The Labute approximate surface area is 120 Å². The van der Waals surface area contributed by atoms with Gasteiger partial charge in [0.15, 0.2) is 5.78 Å². The van der Waals surface area contributed by atoms with Gasteiger partial charge in [-0.15, -0.1) is 0 Å². The van der Waals surface area contributed by atoms with Crippen LogP contribution in [0.5, 0.6) is 0 Å². The van der Waals surface area contributed by atoms with Crippen molar-refractivity contribution in [3.63, 3.8) is 0 Å². The van der Waals surface area contributed by atoms with Gasteiger partial charge >= 0.3 is 5.69 Å². The first-order valence-corrected chi connectivity index (χ1v) is 6.68. The van der Waals surface area contributed by atoms with E-state index in [1.807, 2.05) is 0 Å². The van der Waals surface area contributed by atoms with E-state index in [1.165, 1.54) is 12.1 Å². The Bertz CT molecular complexity index is 719. The molecule has 5 nitrogen and oxygen atoms in total. The first-order chi connectivity index (χ1) is 10.1. The number of nitro benzene ring substituents is 1.